The van der Waals surface area contributed by atoms with Crippen LogP contribution in [0.25, 0.3) is 0 Å². The van der Waals surface area contributed by atoms with Crippen LogP contribution >= 0.6 is 11.8 Å². The van der Waals surface area contributed by atoms with Crippen molar-refractivity contribution in [2.75, 3.05) is 12.3 Å². The zero-order chi connectivity index (χ0) is 15.4. The van der Waals surface area contributed by atoms with Gasteiger partial charge in [-0.25, -0.2) is 18.6 Å². The number of rotatable bonds is 4. The molecule has 0 radical (unpaired) electrons. The number of benzene rings is 1. The Morgan fingerprint density at radius 3 is 2.76 bits per heavy atom. The summed E-state index contributed by atoms with van der Waals surface area (Å²) >= 11 is 1.09. The van der Waals surface area contributed by atoms with Crippen LogP contribution in [-0.2, 0) is 4.74 Å². The quantitative estimate of drug-likeness (QED) is 0.878. The predicted molar refractivity (Wildman–Crippen MR) is 75.1 cm³/mol. The number of nitrogens with zero attached hydrogens (tertiary/aromatic N) is 1. The van der Waals surface area contributed by atoms with Crippen LogP contribution in [-0.4, -0.2) is 17.6 Å². The molecule has 0 saturated carbocycles. The second-order valence-electron chi connectivity index (χ2n) is 4.01. The number of halogens is 2. The third-order valence-electron chi connectivity index (χ3n) is 2.52. The molecule has 0 aliphatic carbocycles. The fourth-order valence-corrected chi connectivity index (χ4v) is 2.37. The van der Waals surface area contributed by atoms with Gasteiger partial charge in [-0.15, -0.1) is 0 Å². The number of nitrogen functional groups attached to an aromatic ring is 1. The number of aromatic nitrogens is 1. The molecule has 0 saturated heterocycles. The minimum atomic E-state index is -0.943. The third kappa shape index (κ3) is 3.69. The molecule has 0 fully saturated rings. The number of hydrogen-bond acceptors (Lipinski definition) is 5. The Hall–Kier alpha value is -2.15. The van der Waals surface area contributed by atoms with Gasteiger partial charge in [0.15, 0.2) is 11.6 Å². The smallest absolute Gasteiger partial charge is 0.340 e. The zero-order valence-corrected chi connectivity index (χ0v) is 11.9. The highest BCUT2D eigenvalue weighted by atomic mass is 32.2. The average molecular weight is 310 g/mol. The molecule has 0 unspecified atom stereocenters. The molecule has 2 rings (SSSR count). The number of ether oxygens (including phenoxy) is 1. The van der Waals surface area contributed by atoms with E-state index in [2.05, 4.69) is 4.98 Å². The van der Waals surface area contributed by atoms with Crippen molar-refractivity contribution in [1.29, 1.82) is 0 Å². The molecule has 4 nitrogen and oxygen atoms in total. The van der Waals surface area contributed by atoms with E-state index in [9.17, 15) is 13.6 Å². The van der Waals surface area contributed by atoms with Crippen LogP contribution in [0.5, 0.6) is 0 Å². The van der Waals surface area contributed by atoms with Crippen molar-refractivity contribution < 1.29 is 18.3 Å². The maximum absolute atomic E-state index is 13.2. The summed E-state index contributed by atoms with van der Waals surface area (Å²) < 4.78 is 30.9. The third-order valence-corrected chi connectivity index (χ3v) is 3.44. The molecule has 2 N–H and O–H groups in total. The Bertz CT molecular complexity index is 680. The first-order valence-electron chi connectivity index (χ1n) is 6.06. The molecule has 0 aliphatic heterocycles. The number of carbonyl (C=O) groups excluding carboxylic acids is 1. The first-order chi connectivity index (χ1) is 10.0. The van der Waals surface area contributed by atoms with Gasteiger partial charge in [0.05, 0.1) is 24.1 Å². The van der Waals surface area contributed by atoms with Crippen LogP contribution in [0.4, 0.5) is 14.5 Å². The van der Waals surface area contributed by atoms with E-state index in [1.165, 1.54) is 18.3 Å². The summed E-state index contributed by atoms with van der Waals surface area (Å²) in [7, 11) is 0. The van der Waals surface area contributed by atoms with Crippen LogP contribution in [0, 0.1) is 11.6 Å². The summed E-state index contributed by atoms with van der Waals surface area (Å²) in [5.74, 6) is -2.41. The second-order valence-corrected chi connectivity index (χ2v) is 5.10. The Morgan fingerprint density at radius 2 is 2.10 bits per heavy atom. The van der Waals surface area contributed by atoms with E-state index in [0.717, 1.165) is 23.9 Å². The topological polar surface area (TPSA) is 65.2 Å². The summed E-state index contributed by atoms with van der Waals surface area (Å²) in [6.45, 7) is 1.92. The first kappa shape index (κ1) is 15.2. The molecule has 0 spiro atoms. The lowest BCUT2D eigenvalue weighted by Crippen LogP contribution is -2.08. The molecule has 0 aliphatic rings. The Kier molecular flexibility index (Phi) is 4.74. The molecule has 1 aromatic carbocycles. The van der Waals surface area contributed by atoms with Crippen LogP contribution in [0.2, 0.25) is 0 Å². The Balaban J connectivity index is 2.26. The van der Waals surface area contributed by atoms with E-state index in [1.807, 2.05) is 0 Å². The Morgan fingerprint density at radius 1 is 1.33 bits per heavy atom. The summed E-state index contributed by atoms with van der Waals surface area (Å²) in [5.41, 5.74) is 6.06. The molecule has 1 aromatic heterocycles. The standard InChI is InChI=1S/C14H12F2N2O2S/c1-2-20-14(19)9-6-13(18-7-12(9)17)21-8-3-4-10(15)11(16)5-8/h3-7H,2,17H2,1H3. The van der Waals surface area contributed by atoms with Crippen LogP contribution < -0.4 is 5.73 Å². The number of hydrogen-bond donors (Lipinski definition) is 1. The van der Waals surface area contributed by atoms with Crippen molar-refractivity contribution >= 4 is 23.4 Å². The van der Waals surface area contributed by atoms with Gasteiger partial charge in [-0.3, -0.25) is 0 Å². The monoisotopic (exact) mass is 310 g/mol. The van der Waals surface area contributed by atoms with Gasteiger partial charge in [-0.2, -0.15) is 0 Å². The molecule has 0 amide bonds. The Labute approximate surface area is 124 Å². The maximum Gasteiger partial charge on any atom is 0.340 e. The highest BCUT2D eigenvalue weighted by Gasteiger charge is 2.13. The van der Waals surface area contributed by atoms with E-state index in [1.54, 1.807) is 6.92 Å². The van der Waals surface area contributed by atoms with Crippen molar-refractivity contribution in [3.8, 4) is 0 Å². The highest BCUT2D eigenvalue weighted by Crippen LogP contribution is 2.29. The fourth-order valence-electron chi connectivity index (χ4n) is 1.55. The van der Waals surface area contributed by atoms with Gasteiger partial charge in [-0.05, 0) is 31.2 Å². The first-order valence-corrected chi connectivity index (χ1v) is 6.88. The largest absolute Gasteiger partial charge is 0.462 e. The normalized spacial score (nSPS) is 10.4. The second kappa shape index (κ2) is 6.53. The minimum absolute atomic E-state index is 0.192. The average Bonchev–Trinajstić information content (AvgIpc) is 2.45. The van der Waals surface area contributed by atoms with Gasteiger partial charge >= 0.3 is 5.97 Å². The van der Waals surface area contributed by atoms with Crippen molar-refractivity contribution in [3.63, 3.8) is 0 Å². The lowest BCUT2D eigenvalue weighted by Gasteiger charge is -2.07. The van der Waals surface area contributed by atoms with Gasteiger partial charge in [0.1, 0.15) is 5.03 Å². The molecular weight excluding hydrogens is 298 g/mol. The van der Waals surface area contributed by atoms with Gasteiger partial charge in [-0.1, -0.05) is 11.8 Å². The number of pyridine rings is 1. The lowest BCUT2D eigenvalue weighted by molar-refractivity contribution is 0.0527. The number of carbonyl (C=O) groups is 1. The van der Waals surface area contributed by atoms with Crippen molar-refractivity contribution in [2.24, 2.45) is 0 Å². The minimum Gasteiger partial charge on any atom is -0.462 e. The van der Waals surface area contributed by atoms with E-state index in [4.69, 9.17) is 10.5 Å². The van der Waals surface area contributed by atoms with Crippen molar-refractivity contribution in [1.82, 2.24) is 4.98 Å². The van der Waals surface area contributed by atoms with Crippen molar-refractivity contribution in [2.45, 2.75) is 16.8 Å². The van der Waals surface area contributed by atoms with Crippen LogP contribution in [0.15, 0.2) is 40.4 Å². The lowest BCUT2D eigenvalue weighted by atomic mass is 10.2. The molecule has 7 heteroatoms. The number of nitrogens with two attached hydrogens (primary N) is 1. The van der Waals surface area contributed by atoms with E-state index >= 15 is 0 Å². The van der Waals surface area contributed by atoms with Gasteiger partial charge < -0.3 is 10.5 Å². The highest BCUT2D eigenvalue weighted by molar-refractivity contribution is 7.99. The summed E-state index contributed by atoms with van der Waals surface area (Å²) in [4.78, 5) is 16.2. The fraction of sp³-hybridized carbons (Fsp3) is 0.143. The maximum atomic E-state index is 13.2. The molecule has 21 heavy (non-hydrogen) atoms. The van der Waals surface area contributed by atoms with Crippen molar-refractivity contribution in [3.05, 3.63) is 47.7 Å². The summed E-state index contributed by atoms with van der Waals surface area (Å²) in [5, 5.41) is 0.429. The molecule has 2 aromatic rings. The molecule has 110 valence electrons. The summed E-state index contributed by atoms with van der Waals surface area (Å²) in [6, 6.07) is 4.97. The van der Waals surface area contributed by atoms with E-state index in [-0.39, 0.29) is 17.9 Å². The SMILES string of the molecule is CCOC(=O)c1cc(Sc2ccc(F)c(F)c2)ncc1N. The van der Waals surface area contributed by atoms with Crippen LogP contribution in [0.1, 0.15) is 17.3 Å². The van der Waals surface area contributed by atoms with Gasteiger partial charge in [0.2, 0.25) is 0 Å². The van der Waals surface area contributed by atoms with Crippen LogP contribution in [0.3, 0.4) is 0 Å². The molecule has 0 bridgehead atoms. The molecule has 0 atom stereocenters. The molecular formula is C14H12F2N2O2S. The zero-order valence-electron chi connectivity index (χ0n) is 11.1. The number of anilines is 1. The predicted octanol–water partition coefficient (Wildman–Crippen LogP) is 3.27. The van der Waals surface area contributed by atoms with Gasteiger partial charge in [0, 0.05) is 4.90 Å². The summed E-state index contributed by atoms with van der Waals surface area (Å²) in [6.07, 6.45) is 1.33. The van der Waals surface area contributed by atoms with E-state index < -0.39 is 17.6 Å². The van der Waals surface area contributed by atoms with E-state index in [0.29, 0.717) is 9.92 Å². The molecule has 1 heterocycles. The van der Waals surface area contributed by atoms with Gasteiger partial charge in [0.25, 0.3) is 0 Å². The number of esters is 1.